The van der Waals surface area contributed by atoms with Crippen LogP contribution in [0, 0.1) is 19.3 Å². The Morgan fingerprint density at radius 3 is 2.58 bits per heavy atom. The average molecular weight is 271 g/mol. The fourth-order valence-corrected chi connectivity index (χ4v) is 2.95. The number of thioether (sulfide) groups is 1. The molecule has 0 unspecified atom stereocenters. The average Bonchev–Trinajstić information content (AvgIpc) is 2.35. The summed E-state index contributed by atoms with van der Waals surface area (Å²) in [5.74, 6) is 0.899. The maximum Gasteiger partial charge on any atom is 0.125 e. The predicted molar refractivity (Wildman–Crippen MR) is 80.7 cm³/mol. The maximum atomic E-state index is 7.55. The van der Waals surface area contributed by atoms with Gasteiger partial charge in [-0.05, 0) is 31.5 Å². The second kappa shape index (κ2) is 5.89. The maximum absolute atomic E-state index is 7.55. The molecule has 0 saturated carbocycles. The summed E-state index contributed by atoms with van der Waals surface area (Å²) >= 11 is 1.61. The zero-order chi connectivity index (χ0) is 13.8. The van der Waals surface area contributed by atoms with E-state index in [-0.39, 0.29) is 5.84 Å². The number of pyridine rings is 1. The van der Waals surface area contributed by atoms with E-state index in [2.05, 4.69) is 37.0 Å². The van der Waals surface area contributed by atoms with Gasteiger partial charge in [0.15, 0.2) is 0 Å². The minimum Gasteiger partial charge on any atom is -0.384 e. The van der Waals surface area contributed by atoms with Crippen molar-refractivity contribution in [1.29, 1.82) is 5.41 Å². The van der Waals surface area contributed by atoms with Gasteiger partial charge in [0, 0.05) is 17.5 Å². The Morgan fingerprint density at radius 2 is 1.95 bits per heavy atom. The number of nitrogens with two attached hydrogens (primary N) is 1. The molecule has 0 aliphatic heterocycles. The van der Waals surface area contributed by atoms with Crippen molar-refractivity contribution < 1.29 is 0 Å². The van der Waals surface area contributed by atoms with E-state index in [0.717, 1.165) is 10.8 Å². The molecule has 1 aromatic carbocycles. The van der Waals surface area contributed by atoms with E-state index < -0.39 is 0 Å². The first kappa shape index (κ1) is 13.6. The van der Waals surface area contributed by atoms with Crippen LogP contribution in [-0.4, -0.2) is 10.8 Å². The molecule has 0 fully saturated rings. The highest BCUT2D eigenvalue weighted by molar-refractivity contribution is 7.98. The van der Waals surface area contributed by atoms with Gasteiger partial charge in [0.25, 0.3) is 0 Å². The van der Waals surface area contributed by atoms with E-state index in [0.29, 0.717) is 5.56 Å². The second-order valence-corrected chi connectivity index (χ2v) is 5.52. The van der Waals surface area contributed by atoms with E-state index in [1.807, 2.05) is 6.07 Å². The molecule has 0 spiro atoms. The molecule has 1 heterocycles. The first-order chi connectivity index (χ1) is 9.06. The molecular formula is C15H17N3S. The van der Waals surface area contributed by atoms with Gasteiger partial charge in [0.2, 0.25) is 0 Å². The predicted octanol–water partition coefficient (Wildman–Crippen LogP) is 3.27. The van der Waals surface area contributed by atoms with E-state index in [1.165, 1.54) is 16.7 Å². The van der Waals surface area contributed by atoms with Crippen LogP contribution in [0.2, 0.25) is 0 Å². The molecule has 2 rings (SSSR count). The van der Waals surface area contributed by atoms with E-state index in [4.69, 9.17) is 11.1 Å². The number of nitrogens with one attached hydrogen (secondary N) is 1. The first-order valence-corrected chi connectivity index (χ1v) is 7.04. The Kier molecular flexibility index (Phi) is 4.22. The molecule has 3 nitrogen and oxygen atoms in total. The molecule has 2 aromatic rings. The smallest absolute Gasteiger partial charge is 0.125 e. The zero-order valence-electron chi connectivity index (χ0n) is 11.1. The van der Waals surface area contributed by atoms with Crippen LogP contribution in [0.5, 0.6) is 0 Å². The minimum atomic E-state index is 0.0658. The molecular weight excluding hydrogens is 254 g/mol. The van der Waals surface area contributed by atoms with Crippen LogP contribution in [0.15, 0.2) is 41.6 Å². The lowest BCUT2D eigenvalue weighted by molar-refractivity contribution is 1.11. The van der Waals surface area contributed by atoms with Crippen LogP contribution in [0.1, 0.15) is 22.3 Å². The van der Waals surface area contributed by atoms with Crippen molar-refractivity contribution in [3.05, 3.63) is 58.8 Å². The number of nitrogen functional groups attached to an aromatic ring is 1. The summed E-state index contributed by atoms with van der Waals surface area (Å²) in [6.07, 6.45) is 1.73. The fraction of sp³-hybridized carbons (Fsp3) is 0.200. The molecule has 98 valence electrons. The number of hydrogen-bond donors (Lipinski definition) is 2. The van der Waals surface area contributed by atoms with Crippen molar-refractivity contribution in [2.45, 2.75) is 24.6 Å². The van der Waals surface area contributed by atoms with Crippen molar-refractivity contribution in [1.82, 2.24) is 4.98 Å². The molecule has 0 aliphatic rings. The molecule has 0 atom stereocenters. The SMILES string of the molecule is Cc1cc(C)cc(CSc2ncccc2C(=N)N)c1. The van der Waals surface area contributed by atoms with Crippen LogP contribution in [-0.2, 0) is 5.75 Å². The van der Waals surface area contributed by atoms with Gasteiger partial charge in [0.05, 0.1) is 0 Å². The van der Waals surface area contributed by atoms with Gasteiger partial charge < -0.3 is 5.73 Å². The van der Waals surface area contributed by atoms with Gasteiger partial charge in [-0.3, -0.25) is 5.41 Å². The van der Waals surface area contributed by atoms with Gasteiger partial charge in [-0.2, -0.15) is 0 Å². The topological polar surface area (TPSA) is 62.8 Å². The Bertz CT molecular complexity index is 588. The number of aryl methyl sites for hydroxylation is 2. The molecule has 0 bridgehead atoms. The highest BCUT2D eigenvalue weighted by Crippen LogP contribution is 2.24. The summed E-state index contributed by atoms with van der Waals surface area (Å²) in [4.78, 5) is 4.30. The molecule has 0 aliphatic carbocycles. The first-order valence-electron chi connectivity index (χ1n) is 6.05. The van der Waals surface area contributed by atoms with E-state index >= 15 is 0 Å². The number of rotatable bonds is 4. The standard InChI is InChI=1S/C15H17N3S/c1-10-6-11(2)8-12(7-10)9-19-15-13(14(16)17)4-3-5-18-15/h3-8H,9H2,1-2H3,(H3,16,17). The Hall–Kier alpha value is -1.81. The quantitative estimate of drug-likeness (QED) is 0.509. The van der Waals surface area contributed by atoms with E-state index in [1.54, 1.807) is 24.0 Å². The molecule has 0 radical (unpaired) electrons. The summed E-state index contributed by atoms with van der Waals surface area (Å²) in [5.41, 5.74) is 10.1. The Morgan fingerprint density at radius 1 is 1.26 bits per heavy atom. The molecule has 1 aromatic heterocycles. The summed E-state index contributed by atoms with van der Waals surface area (Å²) in [6.45, 7) is 4.20. The number of nitrogens with zero attached hydrogens (tertiary/aromatic N) is 1. The van der Waals surface area contributed by atoms with Crippen molar-refractivity contribution in [2.24, 2.45) is 5.73 Å². The molecule has 0 amide bonds. The van der Waals surface area contributed by atoms with Gasteiger partial charge in [-0.1, -0.05) is 29.3 Å². The highest BCUT2D eigenvalue weighted by atomic mass is 32.2. The summed E-state index contributed by atoms with van der Waals surface area (Å²) in [7, 11) is 0. The lowest BCUT2D eigenvalue weighted by Gasteiger charge is -2.07. The van der Waals surface area contributed by atoms with Crippen molar-refractivity contribution >= 4 is 17.6 Å². The van der Waals surface area contributed by atoms with Crippen LogP contribution < -0.4 is 5.73 Å². The number of hydrogen-bond acceptors (Lipinski definition) is 3. The monoisotopic (exact) mass is 271 g/mol. The zero-order valence-corrected chi connectivity index (χ0v) is 11.9. The third-order valence-corrected chi connectivity index (χ3v) is 3.79. The van der Waals surface area contributed by atoms with E-state index in [9.17, 15) is 0 Å². The van der Waals surface area contributed by atoms with Crippen LogP contribution in [0.4, 0.5) is 0 Å². The largest absolute Gasteiger partial charge is 0.384 e. The van der Waals surface area contributed by atoms with Crippen LogP contribution >= 0.6 is 11.8 Å². The molecule has 4 heteroatoms. The Labute approximate surface area is 117 Å². The third-order valence-electron chi connectivity index (χ3n) is 2.72. The molecule has 19 heavy (non-hydrogen) atoms. The van der Waals surface area contributed by atoms with Crippen LogP contribution in [0.25, 0.3) is 0 Å². The highest BCUT2D eigenvalue weighted by Gasteiger charge is 2.07. The summed E-state index contributed by atoms with van der Waals surface area (Å²) in [6, 6.07) is 10.2. The molecule has 0 saturated heterocycles. The Balaban J connectivity index is 2.16. The number of amidine groups is 1. The normalized spacial score (nSPS) is 10.4. The van der Waals surface area contributed by atoms with Crippen molar-refractivity contribution in [3.63, 3.8) is 0 Å². The number of aromatic nitrogens is 1. The minimum absolute atomic E-state index is 0.0658. The van der Waals surface area contributed by atoms with Crippen molar-refractivity contribution in [3.8, 4) is 0 Å². The van der Waals surface area contributed by atoms with Gasteiger partial charge in [-0.25, -0.2) is 4.98 Å². The fourth-order valence-electron chi connectivity index (χ4n) is 2.01. The summed E-state index contributed by atoms with van der Waals surface area (Å²) < 4.78 is 0. The van der Waals surface area contributed by atoms with Gasteiger partial charge in [0.1, 0.15) is 10.9 Å². The summed E-state index contributed by atoms with van der Waals surface area (Å²) in [5, 5.41) is 8.37. The second-order valence-electron chi connectivity index (χ2n) is 4.55. The lowest BCUT2D eigenvalue weighted by Crippen LogP contribution is -2.12. The van der Waals surface area contributed by atoms with Crippen LogP contribution in [0.3, 0.4) is 0 Å². The van der Waals surface area contributed by atoms with Gasteiger partial charge >= 0.3 is 0 Å². The number of benzene rings is 1. The van der Waals surface area contributed by atoms with Crippen molar-refractivity contribution in [2.75, 3.05) is 0 Å². The van der Waals surface area contributed by atoms with Gasteiger partial charge in [-0.15, -0.1) is 11.8 Å². The lowest BCUT2D eigenvalue weighted by atomic mass is 10.1. The molecule has 3 N–H and O–H groups in total. The third kappa shape index (κ3) is 3.58.